The molecule has 0 amide bonds. The van der Waals surface area contributed by atoms with Crippen molar-refractivity contribution in [2.75, 3.05) is 0 Å². The number of thiophene rings is 1. The summed E-state index contributed by atoms with van der Waals surface area (Å²) in [7, 11) is 0. The highest BCUT2D eigenvalue weighted by Crippen LogP contribution is 2.51. The molecule has 0 nitrogen and oxygen atoms in total. The lowest BCUT2D eigenvalue weighted by atomic mass is 9.83. The van der Waals surface area contributed by atoms with Crippen LogP contribution in [-0.2, 0) is 0 Å². The standard InChI is InChI=1S/C76H48S/c1-5-22-49(23-6-1)54-42-55(50-24-7-2-8-25-50)45-58(44-54)73-62-32-15-13-30-60(62)72(61-31-14-16-33-63(61)73)53-40-41-68-71(48-53)77-70-39-21-38-69(76(68)70)75-66-36-19-17-34-64(66)74(65-35-18-20-37-67(65)75)59-46-56(51-26-9-3-10-27-51)43-57(47-59)52-28-11-4-12-29-52/h1-48H. The Balaban J connectivity index is 0.922. The lowest BCUT2D eigenvalue weighted by molar-refractivity contribution is 1.58. The summed E-state index contributed by atoms with van der Waals surface area (Å²) in [5.74, 6) is 0. The van der Waals surface area contributed by atoms with E-state index in [0.717, 1.165) is 0 Å². The van der Waals surface area contributed by atoms with Crippen molar-refractivity contribution in [3.8, 4) is 89.0 Å². The van der Waals surface area contributed by atoms with Crippen LogP contribution in [0.3, 0.4) is 0 Å². The fourth-order valence-electron chi connectivity index (χ4n) is 12.4. The maximum Gasteiger partial charge on any atom is 0.0361 e. The molecule has 0 spiro atoms. The van der Waals surface area contributed by atoms with Gasteiger partial charge >= 0.3 is 0 Å². The number of hydrogen-bond acceptors (Lipinski definition) is 1. The zero-order valence-corrected chi connectivity index (χ0v) is 42.9. The molecule has 0 aliphatic carbocycles. The van der Waals surface area contributed by atoms with E-state index < -0.39 is 0 Å². The molecule has 0 aliphatic rings. The molecule has 15 rings (SSSR count). The van der Waals surface area contributed by atoms with Crippen molar-refractivity contribution in [3.63, 3.8) is 0 Å². The molecular formula is C76H48S. The van der Waals surface area contributed by atoms with Crippen LogP contribution in [0.1, 0.15) is 0 Å². The second-order valence-corrected chi connectivity index (χ2v) is 21.3. The van der Waals surface area contributed by atoms with Gasteiger partial charge in [0.25, 0.3) is 0 Å². The van der Waals surface area contributed by atoms with Crippen molar-refractivity contribution in [2.24, 2.45) is 0 Å². The first-order chi connectivity index (χ1) is 38.2. The molecule has 15 aromatic rings. The highest BCUT2D eigenvalue weighted by atomic mass is 32.1. The number of hydrogen-bond donors (Lipinski definition) is 0. The molecule has 0 radical (unpaired) electrons. The van der Waals surface area contributed by atoms with Gasteiger partial charge in [0.1, 0.15) is 0 Å². The summed E-state index contributed by atoms with van der Waals surface area (Å²) in [6.45, 7) is 0. The highest BCUT2D eigenvalue weighted by Gasteiger charge is 2.23. The Hall–Kier alpha value is -9.66. The minimum absolute atomic E-state index is 1.20. The molecule has 0 N–H and O–H groups in total. The number of rotatable bonds is 8. The average Bonchev–Trinajstić information content (AvgIpc) is 4.13. The SMILES string of the molecule is c1ccc(-c2cc(-c3ccccc3)cc(-c3c4ccccc4c(-c4ccc5c(c4)sc4cccc(-c6c7ccccc7c(-c7cc(-c8ccccc8)cc(-c8ccccc8)c7)c7ccccc67)c45)c4ccccc34)c2)cc1. The van der Waals surface area contributed by atoms with Gasteiger partial charge < -0.3 is 0 Å². The Morgan fingerprint density at radius 1 is 0.169 bits per heavy atom. The van der Waals surface area contributed by atoms with Crippen LogP contribution in [-0.4, -0.2) is 0 Å². The molecule has 0 saturated carbocycles. The van der Waals surface area contributed by atoms with Crippen molar-refractivity contribution in [3.05, 3.63) is 291 Å². The van der Waals surface area contributed by atoms with Gasteiger partial charge in [-0.2, -0.15) is 0 Å². The third kappa shape index (κ3) is 7.66. The first-order valence-corrected chi connectivity index (χ1v) is 27.4. The number of fused-ring (bicyclic) bond motifs is 7. The molecule has 358 valence electrons. The van der Waals surface area contributed by atoms with Gasteiger partial charge in [0.05, 0.1) is 0 Å². The Kier molecular flexibility index (Phi) is 10.8. The summed E-state index contributed by atoms with van der Waals surface area (Å²) in [6, 6.07) is 108. The fourth-order valence-corrected chi connectivity index (χ4v) is 13.6. The smallest absolute Gasteiger partial charge is 0.0361 e. The van der Waals surface area contributed by atoms with E-state index in [4.69, 9.17) is 0 Å². The molecule has 1 aromatic heterocycles. The summed E-state index contributed by atoms with van der Waals surface area (Å²) in [5, 5.41) is 12.6. The van der Waals surface area contributed by atoms with Crippen LogP contribution in [0, 0.1) is 0 Å². The Labute approximate surface area is 452 Å². The van der Waals surface area contributed by atoms with Gasteiger partial charge in [-0.1, -0.05) is 243 Å². The lowest BCUT2D eigenvalue weighted by Crippen LogP contribution is -1.93. The second-order valence-electron chi connectivity index (χ2n) is 20.2. The van der Waals surface area contributed by atoms with Gasteiger partial charge in [-0.15, -0.1) is 11.3 Å². The van der Waals surface area contributed by atoms with E-state index in [1.807, 2.05) is 11.3 Å². The maximum atomic E-state index is 2.46. The quantitative estimate of drug-likeness (QED) is 0.133. The van der Waals surface area contributed by atoms with E-state index in [0.29, 0.717) is 0 Å². The van der Waals surface area contributed by atoms with Crippen molar-refractivity contribution in [1.29, 1.82) is 0 Å². The number of benzene rings is 14. The zero-order valence-electron chi connectivity index (χ0n) is 42.1. The van der Waals surface area contributed by atoms with Gasteiger partial charge in [-0.25, -0.2) is 0 Å². The molecule has 0 bridgehead atoms. The van der Waals surface area contributed by atoms with Gasteiger partial charge in [0, 0.05) is 20.2 Å². The minimum Gasteiger partial charge on any atom is -0.135 e. The summed E-state index contributed by atoms with van der Waals surface area (Å²) in [4.78, 5) is 0. The van der Waals surface area contributed by atoms with Crippen molar-refractivity contribution in [2.45, 2.75) is 0 Å². The maximum absolute atomic E-state index is 2.46. The van der Waals surface area contributed by atoms with Crippen LogP contribution in [0.15, 0.2) is 291 Å². The zero-order chi connectivity index (χ0) is 50.8. The first kappa shape index (κ1) is 44.8. The first-order valence-electron chi connectivity index (χ1n) is 26.6. The topological polar surface area (TPSA) is 0 Å². The van der Waals surface area contributed by atoms with E-state index in [1.165, 1.54) is 152 Å². The predicted octanol–water partition coefficient (Wildman–Crippen LogP) is 22.0. The molecular weight excluding hydrogens is 945 g/mol. The monoisotopic (exact) mass is 992 g/mol. The molecule has 0 aliphatic heterocycles. The van der Waals surface area contributed by atoms with Crippen LogP contribution in [0.4, 0.5) is 0 Å². The van der Waals surface area contributed by atoms with Gasteiger partial charge in [-0.05, 0) is 181 Å². The van der Waals surface area contributed by atoms with Crippen LogP contribution in [0.2, 0.25) is 0 Å². The third-order valence-electron chi connectivity index (χ3n) is 15.8. The molecule has 14 aromatic carbocycles. The normalized spacial score (nSPS) is 11.6. The molecule has 1 heterocycles. The van der Waals surface area contributed by atoms with Crippen LogP contribution < -0.4 is 0 Å². The molecule has 1 heteroatoms. The molecule has 0 atom stereocenters. The van der Waals surface area contributed by atoms with E-state index >= 15 is 0 Å². The summed E-state index contributed by atoms with van der Waals surface area (Å²) < 4.78 is 2.56. The average molecular weight is 993 g/mol. The Morgan fingerprint density at radius 3 is 0.844 bits per heavy atom. The fraction of sp³-hybridized carbons (Fsp3) is 0. The predicted molar refractivity (Wildman–Crippen MR) is 333 cm³/mol. The summed E-state index contributed by atoms with van der Waals surface area (Å²) in [5.41, 5.74) is 19.6. The van der Waals surface area contributed by atoms with Gasteiger partial charge in [0.2, 0.25) is 0 Å². The molecule has 77 heavy (non-hydrogen) atoms. The van der Waals surface area contributed by atoms with E-state index in [2.05, 4.69) is 291 Å². The molecule has 0 saturated heterocycles. The van der Waals surface area contributed by atoms with Crippen LogP contribution >= 0.6 is 11.3 Å². The van der Waals surface area contributed by atoms with E-state index in [1.54, 1.807) is 0 Å². The molecule has 0 fully saturated rings. The summed E-state index contributed by atoms with van der Waals surface area (Å²) >= 11 is 1.90. The third-order valence-corrected chi connectivity index (χ3v) is 16.9. The minimum atomic E-state index is 1.20. The van der Waals surface area contributed by atoms with E-state index in [9.17, 15) is 0 Å². The van der Waals surface area contributed by atoms with E-state index in [-0.39, 0.29) is 0 Å². The largest absolute Gasteiger partial charge is 0.135 e. The second kappa shape index (κ2) is 18.6. The van der Waals surface area contributed by atoms with Crippen molar-refractivity contribution >= 4 is 74.6 Å². The van der Waals surface area contributed by atoms with Crippen molar-refractivity contribution in [1.82, 2.24) is 0 Å². The lowest BCUT2D eigenvalue weighted by Gasteiger charge is -2.20. The van der Waals surface area contributed by atoms with Crippen LogP contribution in [0.5, 0.6) is 0 Å². The summed E-state index contributed by atoms with van der Waals surface area (Å²) in [6.07, 6.45) is 0. The Bertz CT molecular complexity index is 4530. The Morgan fingerprint density at radius 2 is 0.481 bits per heavy atom. The van der Waals surface area contributed by atoms with Gasteiger partial charge in [0.15, 0.2) is 0 Å². The highest BCUT2D eigenvalue weighted by molar-refractivity contribution is 7.26. The van der Waals surface area contributed by atoms with Crippen LogP contribution in [0.25, 0.3) is 152 Å². The van der Waals surface area contributed by atoms with Crippen molar-refractivity contribution < 1.29 is 0 Å². The molecule has 0 unspecified atom stereocenters. The van der Waals surface area contributed by atoms with Gasteiger partial charge in [-0.3, -0.25) is 0 Å².